The lowest BCUT2D eigenvalue weighted by Crippen LogP contribution is -2.30. The number of nitrogens with zero attached hydrogens (tertiary/aromatic N) is 6. The summed E-state index contributed by atoms with van der Waals surface area (Å²) in [6.45, 7) is 5.47. The fraction of sp³-hybridized carbons (Fsp3) is 0.393. The first-order chi connectivity index (χ1) is 17.5. The molecule has 1 fully saturated rings. The summed E-state index contributed by atoms with van der Waals surface area (Å²) < 4.78 is 12.9. The molecule has 8 heteroatoms. The summed E-state index contributed by atoms with van der Waals surface area (Å²) in [5, 5.41) is 4.28. The highest BCUT2D eigenvalue weighted by atomic mass is 16.5. The molecule has 0 bridgehead atoms. The molecule has 188 valence electrons. The number of anilines is 2. The zero-order chi connectivity index (χ0) is 25.1. The molecule has 0 aliphatic carbocycles. The predicted molar refractivity (Wildman–Crippen MR) is 143 cm³/mol. The number of ether oxygens (including phenoxy) is 2. The molecule has 3 heterocycles. The van der Waals surface area contributed by atoms with Gasteiger partial charge in [0.15, 0.2) is 0 Å². The van der Waals surface area contributed by atoms with E-state index in [1.54, 1.807) is 25.1 Å². The van der Waals surface area contributed by atoms with E-state index in [-0.39, 0.29) is 0 Å². The molecule has 0 radical (unpaired) electrons. The molecule has 36 heavy (non-hydrogen) atoms. The Balaban J connectivity index is 1.50. The van der Waals surface area contributed by atoms with Crippen LogP contribution in [0.3, 0.4) is 0 Å². The minimum atomic E-state index is 0.664. The number of aromatic nitrogens is 4. The molecule has 2 aromatic heterocycles. The maximum atomic E-state index is 5.58. The van der Waals surface area contributed by atoms with Crippen LogP contribution in [0.4, 0.5) is 11.4 Å². The van der Waals surface area contributed by atoms with E-state index in [1.807, 2.05) is 31.6 Å². The van der Waals surface area contributed by atoms with Crippen molar-refractivity contribution in [3.63, 3.8) is 0 Å². The number of rotatable bonds is 9. The summed E-state index contributed by atoms with van der Waals surface area (Å²) in [5.41, 5.74) is 5.56. The van der Waals surface area contributed by atoms with Crippen molar-refractivity contribution >= 4 is 22.4 Å². The van der Waals surface area contributed by atoms with Crippen LogP contribution in [0.1, 0.15) is 26.2 Å². The van der Waals surface area contributed by atoms with Crippen LogP contribution in [0, 0.1) is 0 Å². The number of fused-ring (bicyclic) bond motifs is 1. The number of likely N-dealkylation sites (tertiary alicyclic amines) is 1. The normalized spacial score (nSPS) is 15.9. The summed E-state index contributed by atoms with van der Waals surface area (Å²) in [6.07, 6.45) is 9.20. The van der Waals surface area contributed by atoms with Crippen molar-refractivity contribution in [3.05, 3.63) is 55.0 Å². The average Bonchev–Trinajstić information content (AvgIpc) is 3.53. The highest BCUT2D eigenvalue weighted by Gasteiger charge is 2.20. The number of hydrogen-bond donors (Lipinski definition) is 0. The van der Waals surface area contributed by atoms with E-state index >= 15 is 0 Å². The molecule has 0 spiro atoms. The first-order valence-electron chi connectivity index (χ1n) is 12.5. The molecule has 0 amide bonds. The van der Waals surface area contributed by atoms with Crippen LogP contribution < -0.4 is 14.4 Å². The van der Waals surface area contributed by atoms with Gasteiger partial charge in [0.2, 0.25) is 0 Å². The summed E-state index contributed by atoms with van der Waals surface area (Å²) >= 11 is 0. The molecule has 8 nitrogen and oxygen atoms in total. The quantitative estimate of drug-likeness (QED) is 0.328. The van der Waals surface area contributed by atoms with Gasteiger partial charge in [-0.1, -0.05) is 0 Å². The molecule has 1 aliphatic heterocycles. The SMILES string of the molecule is COc1cc(OC)cc(N(CCCN2CCC[C@H]2C)c2ccc3ncc(-c4cnn(C)c4)nc3c2)c1. The summed E-state index contributed by atoms with van der Waals surface area (Å²) in [7, 11) is 5.27. The van der Waals surface area contributed by atoms with E-state index in [0.717, 1.165) is 64.7 Å². The predicted octanol–water partition coefficient (Wildman–Crippen LogP) is 5.06. The second-order valence-electron chi connectivity index (χ2n) is 9.43. The van der Waals surface area contributed by atoms with Gasteiger partial charge in [-0.05, 0) is 50.9 Å². The summed E-state index contributed by atoms with van der Waals surface area (Å²) in [4.78, 5) is 14.5. The molecule has 1 aliphatic rings. The van der Waals surface area contributed by atoms with Crippen molar-refractivity contribution in [2.24, 2.45) is 7.05 Å². The van der Waals surface area contributed by atoms with E-state index in [0.29, 0.717) is 6.04 Å². The minimum absolute atomic E-state index is 0.664. The van der Waals surface area contributed by atoms with Crippen molar-refractivity contribution in [2.75, 3.05) is 38.8 Å². The Bertz CT molecular complexity index is 1310. The number of benzene rings is 2. The maximum Gasteiger partial charge on any atom is 0.124 e. The molecule has 0 saturated carbocycles. The molecule has 5 rings (SSSR count). The lowest BCUT2D eigenvalue weighted by molar-refractivity contribution is 0.267. The average molecular weight is 487 g/mol. The van der Waals surface area contributed by atoms with Crippen LogP contribution in [0.15, 0.2) is 55.0 Å². The van der Waals surface area contributed by atoms with Crippen molar-refractivity contribution in [1.29, 1.82) is 0 Å². The third kappa shape index (κ3) is 5.14. The lowest BCUT2D eigenvalue weighted by atomic mass is 10.1. The maximum absolute atomic E-state index is 5.58. The van der Waals surface area contributed by atoms with Gasteiger partial charge in [0, 0.05) is 67.5 Å². The molecular formula is C28H34N6O2. The van der Waals surface area contributed by atoms with Crippen molar-refractivity contribution < 1.29 is 9.47 Å². The molecule has 4 aromatic rings. The first kappa shape index (κ1) is 24.1. The molecule has 1 atom stereocenters. The fourth-order valence-electron chi connectivity index (χ4n) is 4.97. The van der Waals surface area contributed by atoms with Crippen LogP contribution >= 0.6 is 0 Å². The standard InChI is InChI=1S/C28H34N6O2/c1-20-7-5-10-33(20)11-6-12-34(23-13-24(35-3)16-25(14-23)36-4)22-8-9-26-27(15-22)31-28(18-29-26)21-17-30-32(2)19-21/h8-9,13-20H,5-7,10-12H2,1-4H3/t20-/m1/s1. The van der Waals surface area contributed by atoms with Crippen LogP contribution in [-0.2, 0) is 7.05 Å². The molecule has 1 saturated heterocycles. The Labute approximate surface area is 212 Å². The second-order valence-corrected chi connectivity index (χ2v) is 9.43. The second kappa shape index (κ2) is 10.5. The third-order valence-corrected chi connectivity index (χ3v) is 7.00. The van der Waals surface area contributed by atoms with Gasteiger partial charge < -0.3 is 19.3 Å². The van der Waals surface area contributed by atoms with Gasteiger partial charge in [-0.2, -0.15) is 5.10 Å². The van der Waals surface area contributed by atoms with E-state index < -0.39 is 0 Å². The smallest absolute Gasteiger partial charge is 0.124 e. The monoisotopic (exact) mass is 486 g/mol. The first-order valence-corrected chi connectivity index (χ1v) is 12.5. The number of methoxy groups -OCH3 is 2. The van der Waals surface area contributed by atoms with Gasteiger partial charge >= 0.3 is 0 Å². The van der Waals surface area contributed by atoms with Crippen LogP contribution in [0.2, 0.25) is 0 Å². The molecule has 0 unspecified atom stereocenters. The Hall–Kier alpha value is -3.65. The fourth-order valence-corrected chi connectivity index (χ4v) is 4.97. The zero-order valence-electron chi connectivity index (χ0n) is 21.5. The molecule has 0 N–H and O–H groups in total. The van der Waals surface area contributed by atoms with Gasteiger partial charge in [-0.25, -0.2) is 4.98 Å². The van der Waals surface area contributed by atoms with Gasteiger partial charge in [0.1, 0.15) is 11.5 Å². The van der Waals surface area contributed by atoms with E-state index in [4.69, 9.17) is 14.5 Å². The Morgan fingerprint density at radius 2 is 1.81 bits per heavy atom. The van der Waals surface area contributed by atoms with Crippen molar-refractivity contribution in [1.82, 2.24) is 24.6 Å². The highest BCUT2D eigenvalue weighted by molar-refractivity contribution is 5.82. The van der Waals surface area contributed by atoms with Crippen molar-refractivity contribution in [3.8, 4) is 22.8 Å². The van der Waals surface area contributed by atoms with Crippen LogP contribution in [0.5, 0.6) is 11.5 Å². The van der Waals surface area contributed by atoms with E-state index in [2.05, 4.69) is 51.1 Å². The zero-order valence-corrected chi connectivity index (χ0v) is 21.5. The van der Waals surface area contributed by atoms with E-state index in [1.165, 1.54) is 19.4 Å². The largest absolute Gasteiger partial charge is 0.497 e. The van der Waals surface area contributed by atoms with Crippen LogP contribution in [-0.4, -0.2) is 64.5 Å². The molecule has 2 aromatic carbocycles. The Morgan fingerprint density at radius 3 is 2.47 bits per heavy atom. The molecular weight excluding hydrogens is 452 g/mol. The topological polar surface area (TPSA) is 68.5 Å². The highest BCUT2D eigenvalue weighted by Crippen LogP contribution is 2.34. The number of aryl methyl sites for hydroxylation is 1. The van der Waals surface area contributed by atoms with Gasteiger partial charge in [-0.15, -0.1) is 0 Å². The van der Waals surface area contributed by atoms with E-state index in [9.17, 15) is 0 Å². The van der Waals surface area contributed by atoms with Gasteiger partial charge in [0.05, 0.1) is 43.3 Å². The number of hydrogen-bond acceptors (Lipinski definition) is 7. The van der Waals surface area contributed by atoms with Crippen LogP contribution in [0.25, 0.3) is 22.3 Å². The summed E-state index contributed by atoms with van der Waals surface area (Å²) in [6, 6.07) is 13.0. The lowest BCUT2D eigenvalue weighted by Gasteiger charge is -2.28. The summed E-state index contributed by atoms with van der Waals surface area (Å²) in [5.74, 6) is 1.53. The minimum Gasteiger partial charge on any atom is -0.497 e. The Morgan fingerprint density at radius 1 is 1.00 bits per heavy atom. The Kier molecular flexibility index (Phi) is 7.04. The van der Waals surface area contributed by atoms with Crippen molar-refractivity contribution in [2.45, 2.75) is 32.2 Å². The van der Waals surface area contributed by atoms with Gasteiger partial charge in [-0.3, -0.25) is 9.67 Å². The third-order valence-electron chi connectivity index (χ3n) is 7.00. The van der Waals surface area contributed by atoms with Gasteiger partial charge in [0.25, 0.3) is 0 Å².